The molecule has 2 heterocycles. The molecule has 2 amide bonds. The van der Waals surface area contributed by atoms with Gasteiger partial charge in [-0.2, -0.15) is 9.40 Å². The number of para-hydroxylation sites is 1. The van der Waals surface area contributed by atoms with Crippen LogP contribution >= 0.6 is 11.6 Å². The molecule has 4 rings (SSSR count). The Morgan fingerprint density at radius 2 is 1.53 bits per heavy atom. The van der Waals surface area contributed by atoms with Crippen molar-refractivity contribution in [3.8, 4) is 5.69 Å². The lowest BCUT2D eigenvalue weighted by Gasteiger charge is -2.15. The molecule has 11 heteroatoms. The number of carbonyl (C=O) groups excluding carboxylic acids is 2. The fourth-order valence-electron chi connectivity index (χ4n) is 3.32. The van der Waals surface area contributed by atoms with Gasteiger partial charge in [0.2, 0.25) is 10.0 Å². The Hall–Kier alpha value is -3.21. The molecular weight excluding hydrogens is 454 g/mol. The number of amides is 2. The van der Waals surface area contributed by atoms with Gasteiger partial charge in [-0.1, -0.05) is 23.7 Å². The van der Waals surface area contributed by atoms with Gasteiger partial charge in [0.15, 0.2) is 0 Å². The Balaban J connectivity index is 1.38. The number of hydrogen-bond donors (Lipinski definition) is 2. The van der Waals surface area contributed by atoms with Crippen molar-refractivity contribution in [1.82, 2.24) is 24.9 Å². The highest BCUT2D eigenvalue weighted by Crippen LogP contribution is 2.21. The quantitative estimate of drug-likeness (QED) is 0.552. The van der Waals surface area contributed by atoms with E-state index in [1.54, 1.807) is 24.3 Å². The van der Waals surface area contributed by atoms with Gasteiger partial charge in [-0.15, -0.1) is 0 Å². The lowest BCUT2D eigenvalue weighted by Crippen LogP contribution is -2.41. The van der Waals surface area contributed by atoms with Crippen LogP contribution in [0, 0.1) is 0 Å². The summed E-state index contributed by atoms with van der Waals surface area (Å²) in [6, 6.07) is 12.6. The molecule has 9 nitrogen and oxygen atoms in total. The average Bonchev–Trinajstić information content (AvgIpc) is 3.50. The molecule has 1 aromatic heterocycles. The zero-order chi connectivity index (χ0) is 22.7. The molecular formula is C21H20ClN5O4S. The largest absolute Gasteiger partial charge is 0.272 e. The third-order valence-electron chi connectivity index (χ3n) is 5.05. The molecule has 1 fully saturated rings. The van der Waals surface area contributed by atoms with E-state index >= 15 is 0 Å². The molecule has 166 valence electrons. The van der Waals surface area contributed by atoms with Gasteiger partial charge < -0.3 is 0 Å². The molecule has 0 radical (unpaired) electrons. The highest BCUT2D eigenvalue weighted by molar-refractivity contribution is 7.89. The van der Waals surface area contributed by atoms with Crippen LogP contribution in [-0.2, 0) is 10.0 Å². The molecule has 0 bridgehead atoms. The summed E-state index contributed by atoms with van der Waals surface area (Å²) in [7, 11) is -3.55. The lowest BCUT2D eigenvalue weighted by atomic mass is 10.2. The summed E-state index contributed by atoms with van der Waals surface area (Å²) >= 11 is 6.14. The predicted octanol–water partition coefficient (Wildman–Crippen LogP) is 2.39. The fraction of sp³-hybridized carbons (Fsp3) is 0.190. The zero-order valence-corrected chi connectivity index (χ0v) is 18.4. The van der Waals surface area contributed by atoms with Crippen LogP contribution in [0.3, 0.4) is 0 Å². The highest BCUT2D eigenvalue weighted by atomic mass is 35.5. The molecule has 2 aromatic carbocycles. The first-order valence-corrected chi connectivity index (χ1v) is 11.7. The van der Waals surface area contributed by atoms with Gasteiger partial charge in [0.05, 0.1) is 27.4 Å². The summed E-state index contributed by atoms with van der Waals surface area (Å²) in [4.78, 5) is 24.8. The van der Waals surface area contributed by atoms with Crippen LogP contribution in [0.1, 0.15) is 33.6 Å². The van der Waals surface area contributed by atoms with Gasteiger partial charge in [0, 0.05) is 24.8 Å². The van der Waals surface area contributed by atoms with Crippen molar-refractivity contribution in [3.63, 3.8) is 0 Å². The average molecular weight is 474 g/mol. The van der Waals surface area contributed by atoms with Gasteiger partial charge >= 0.3 is 0 Å². The zero-order valence-electron chi connectivity index (χ0n) is 16.9. The summed E-state index contributed by atoms with van der Waals surface area (Å²) in [5, 5.41) is 4.59. The van der Waals surface area contributed by atoms with E-state index in [0.717, 1.165) is 12.8 Å². The fourth-order valence-corrected chi connectivity index (χ4v) is 5.06. The van der Waals surface area contributed by atoms with E-state index in [2.05, 4.69) is 16.0 Å². The molecule has 3 aromatic rings. The van der Waals surface area contributed by atoms with Crippen LogP contribution in [0.25, 0.3) is 5.69 Å². The van der Waals surface area contributed by atoms with Gasteiger partial charge in [0.25, 0.3) is 11.8 Å². The standard InChI is InChI=1S/C21H20ClN5O4S/c22-18-5-1-2-6-19(18)27-14-16(13-23-27)21(29)25-24-20(28)15-7-9-17(10-8-15)32(30,31)26-11-3-4-12-26/h1-2,5-10,13-14H,3-4,11-12H2,(H,24,28)(H,25,29). The summed E-state index contributed by atoms with van der Waals surface area (Å²) in [5.74, 6) is -1.15. The number of hydrogen-bond acceptors (Lipinski definition) is 5. The number of carbonyl (C=O) groups is 2. The van der Waals surface area contributed by atoms with Crippen LogP contribution in [0.15, 0.2) is 65.8 Å². The van der Waals surface area contributed by atoms with Gasteiger partial charge in [0.1, 0.15) is 0 Å². The molecule has 32 heavy (non-hydrogen) atoms. The number of aromatic nitrogens is 2. The molecule has 1 saturated heterocycles. The van der Waals surface area contributed by atoms with Crippen LogP contribution in [0.2, 0.25) is 5.02 Å². The number of benzene rings is 2. The van der Waals surface area contributed by atoms with E-state index in [9.17, 15) is 18.0 Å². The number of hydrazine groups is 1. The van der Waals surface area contributed by atoms with Crippen molar-refractivity contribution in [3.05, 3.63) is 77.1 Å². The minimum atomic E-state index is -3.55. The molecule has 0 atom stereocenters. The Bertz CT molecular complexity index is 1250. The van der Waals surface area contributed by atoms with Crippen molar-refractivity contribution in [2.24, 2.45) is 0 Å². The van der Waals surface area contributed by atoms with Crippen LogP contribution < -0.4 is 10.9 Å². The molecule has 0 spiro atoms. The predicted molar refractivity (Wildman–Crippen MR) is 118 cm³/mol. The van der Waals surface area contributed by atoms with Crippen molar-refractivity contribution >= 4 is 33.4 Å². The summed E-state index contributed by atoms with van der Waals surface area (Å²) in [6.45, 7) is 1.01. The van der Waals surface area contributed by atoms with Crippen LogP contribution in [0.5, 0.6) is 0 Å². The van der Waals surface area contributed by atoms with Gasteiger partial charge in [-0.3, -0.25) is 20.4 Å². The number of rotatable bonds is 5. The van der Waals surface area contributed by atoms with Crippen molar-refractivity contribution in [1.29, 1.82) is 0 Å². The third kappa shape index (κ3) is 4.52. The summed E-state index contributed by atoms with van der Waals surface area (Å²) in [5.41, 5.74) is 5.66. The van der Waals surface area contributed by atoms with Crippen molar-refractivity contribution in [2.45, 2.75) is 17.7 Å². The number of nitrogens with zero attached hydrogens (tertiary/aromatic N) is 3. The Morgan fingerprint density at radius 1 is 0.906 bits per heavy atom. The first-order valence-electron chi connectivity index (χ1n) is 9.87. The van der Waals surface area contributed by atoms with Crippen molar-refractivity contribution < 1.29 is 18.0 Å². The number of nitrogens with one attached hydrogen (secondary N) is 2. The minimum absolute atomic E-state index is 0.131. The molecule has 1 aliphatic heterocycles. The maximum Gasteiger partial charge on any atom is 0.272 e. The SMILES string of the molecule is O=C(NNC(=O)c1cnn(-c2ccccc2Cl)c1)c1ccc(S(=O)(=O)N2CCCC2)cc1. The smallest absolute Gasteiger partial charge is 0.267 e. The highest BCUT2D eigenvalue weighted by Gasteiger charge is 2.27. The van der Waals surface area contributed by atoms with Gasteiger partial charge in [-0.05, 0) is 49.2 Å². The van der Waals surface area contributed by atoms with E-state index in [1.807, 2.05) is 0 Å². The van der Waals surface area contributed by atoms with E-state index in [-0.39, 0.29) is 16.0 Å². The molecule has 0 aliphatic carbocycles. The normalized spacial score (nSPS) is 14.3. The summed E-state index contributed by atoms with van der Waals surface area (Å²) < 4.78 is 28.0. The van der Waals surface area contributed by atoms with Crippen molar-refractivity contribution in [2.75, 3.05) is 13.1 Å². The number of halogens is 1. The molecule has 1 aliphatic rings. The summed E-state index contributed by atoms with van der Waals surface area (Å²) in [6.07, 6.45) is 4.52. The third-order valence-corrected chi connectivity index (χ3v) is 7.29. The second-order valence-electron chi connectivity index (χ2n) is 7.17. The topological polar surface area (TPSA) is 113 Å². The van der Waals surface area contributed by atoms with E-state index < -0.39 is 21.8 Å². The number of sulfonamides is 1. The first kappa shape index (κ1) is 22.0. The Morgan fingerprint density at radius 3 is 2.19 bits per heavy atom. The van der Waals surface area contributed by atoms with Crippen LogP contribution in [-0.4, -0.2) is 47.4 Å². The second-order valence-corrected chi connectivity index (χ2v) is 9.51. The monoisotopic (exact) mass is 473 g/mol. The maximum absolute atomic E-state index is 12.6. The van der Waals surface area contributed by atoms with E-state index in [1.165, 1.54) is 45.6 Å². The Kier molecular flexibility index (Phi) is 6.26. The van der Waals surface area contributed by atoms with E-state index in [4.69, 9.17) is 11.6 Å². The van der Waals surface area contributed by atoms with Crippen LogP contribution in [0.4, 0.5) is 0 Å². The Labute approximate surface area is 190 Å². The minimum Gasteiger partial charge on any atom is -0.267 e. The van der Waals surface area contributed by atoms with E-state index in [0.29, 0.717) is 23.8 Å². The lowest BCUT2D eigenvalue weighted by molar-refractivity contribution is 0.0846. The first-order chi connectivity index (χ1) is 15.4. The molecule has 0 unspecified atom stereocenters. The second kappa shape index (κ2) is 9.11. The van der Waals surface area contributed by atoms with Gasteiger partial charge in [-0.25, -0.2) is 13.1 Å². The molecule has 0 saturated carbocycles. The maximum atomic E-state index is 12.6. The molecule has 2 N–H and O–H groups in total.